The number of hydrogen-bond acceptors (Lipinski definition) is 2. The van der Waals surface area contributed by atoms with E-state index in [0.29, 0.717) is 11.3 Å². The summed E-state index contributed by atoms with van der Waals surface area (Å²) in [6, 6.07) is -0.592. The summed E-state index contributed by atoms with van der Waals surface area (Å²) in [7, 11) is 0. The van der Waals surface area contributed by atoms with Crippen molar-refractivity contribution in [2.75, 3.05) is 0 Å². The Bertz CT molecular complexity index is 415. The first kappa shape index (κ1) is 7.60. The third kappa shape index (κ3) is 1.20. The molecular weight excluding hydrogens is 170 g/mol. The predicted molar refractivity (Wildman–Crippen MR) is 46.7 cm³/mol. The maximum absolute atomic E-state index is 11.0. The van der Waals surface area contributed by atoms with Crippen LogP contribution in [0.1, 0.15) is 0 Å². The zero-order valence-corrected chi connectivity index (χ0v) is 6.57. The first-order valence-corrected chi connectivity index (χ1v) is 3.56. The lowest BCUT2D eigenvalue weighted by atomic mass is 10.2. The molecule has 0 aliphatic carbocycles. The van der Waals surface area contributed by atoms with Gasteiger partial charge in [-0.05, 0) is 6.08 Å². The van der Waals surface area contributed by atoms with Crippen LogP contribution in [0.4, 0.5) is 4.79 Å². The van der Waals surface area contributed by atoms with Gasteiger partial charge in [-0.1, -0.05) is 6.58 Å². The minimum absolute atomic E-state index is 0.0798. The van der Waals surface area contributed by atoms with E-state index in [0.717, 1.165) is 0 Å². The summed E-state index contributed by atoms with van der Waals surface area (Å²) < 4.78 is 0. The van der Waals surface area contributed by atoms with E-state index in [2.05, 4.69) is 21.9 Å². The Hall–Kier alpha value is -2.04. The Balaban J connectivity index is 2.54. The third-order valence-corrected chi connectivity index (χ3v) is 1.61. The molecule has 5 heteroatoms. The van der Waals surface area contributed by atoms with Crippen LogP contribution in [0.5, 0.6) is 0 Å². The van der Waals surface area contributed by atoms with Crippen molar-refractivity contribution >= 4 is 23.9 Å². The van der Waals surface area contributed by atoms with E-state index in [9.17, 15) is 9.59 Å². The molecule has 0 saturated heterocycles. The average Bonchev–Trinajstić information content (AvgIpc) is 2.32. The number of nitrogens with one attached hydrogen (secondary N) is 1. The fourth-order valence-electron chi connectivity index (χ4n) is 1.08. The normalized spacial score (nSPS) is 20.5. The van der Waals surface area contributed by atoms with Gasteiger partial charge in [0.25, 0.3) is 5.91 Å². The lowest BCUT2D eigenvalue weighted by Gasteiger charge is -1.94. The number of fused-ring (bicyclic) bond motifs is 1. The van der Waals surface area contributed by atoms with Crippen molar-refractivity contribution in [2.45, 2.75) is 0 Å². The molecule has 0 aromatic carbocycles. The van der Waals surface area contributed by atoms with E-state index in [1.54, 1.807) is 6.08 Å². The fraction of sp³-hybridized carbons (Fsp3) is 0. The maximum Gasteiger partial charge on any atom is 0.346 e. The van der Waals surface area contributed by atoms with Crippen molar-refractivity contribution in [3.05, 3.63) is 23.9 Å². The zero-order chi connectivity index (χ0) is 9.42. The van der Waals surface area contributed by atoms with Crippen LogP contribution in [0, 0.1) is 0 Å². The van der Waals surface area contributed by atoms with Gasteiger partial charge in [-0.3, -0.25) is 4.79 Å². The number of amides is 3. The molecule has 0 saturated carbocycles. The molecule has 3 amide bonds. The first-order valence-electron chi connectivity index (χ1n) is 3.56. The summed E-state index contributed by atoms with van der Waals surface area (Å²) in [5.74, 6) is -0.490. The SMILES string of the molecule is C=C1C=C2C=NC(=O)C2=NC(=O)N1. The highest BCUT2D eigenvalue weighted by atomic mass is 16.2. The van der Waals surface area contributed by atoms with Crippen molar-refractivity contribution in [3.63, 3.8) is 0 Å². The molecule has 5 nitrogen and oxygen atoms in total. The minimum atomic E-state index is -0.592. The van der Waals surface area contributed by atoms with Crippen LogP contribution in [0.25, 0.3) is 0 Å². The lowest BCUT2D eigenvalue weighted by Crippen LogP contribution is -2.17. The molecule has 1 N–H and O–H groups in total. The van der Waals surface area contributed by atoms with Crippen LogP contribution >= 0.6 is 0 Å². The van der Waals surface area contributed by atoms with Crippen LogP contribution in [-0.2, 0) is 4.79 Å². The quantitative estimate of drug-likeness (QED) is 0.571. The Morgan fingerprint density at radius 2 is 2.15 bits per heavy atom. The molecule has 0 aromatic heterocycles. The molecule has 13 heavy (non-hydrogen) atoms. The molecule has 0 fully saturated rings. The molecule has 2 aliphatic heterocycles. The highest BCUT2D eigenvalue weighted by molar-refractivity contribution is 6.56. The number of allylic oxidation sites excluding steroid dienone is 1. The molecule has 2 aliphatic rings. The number of carbonyl (C=O) groups excluding carboxylic acids is 2. The van der Waals surface area contributed by atoms with Crippen molar-refractivity contribution in [1.29, 1.82) is 0 Å². The summed E-state index contributed by atoms with van der Waals surface area (Å²) in [6.45, 7) is 3.56. The van der Waals surface area contributed by atoms with Crippen molar-refractivity contribution in [3.8, 4) is 0 Å². The number of nitrogens with zero attached hydrogens (tertiary/aromatic N) is 2. The standard InChI is InChI=1S/C8H5N3O2/c1-4-2-5-3-9-7(12)6(5)11-8(13)10-4/h2-3H,1H2,(H,10,13). The summed E-state index contributed by atoms with van der Waals surface area (Å²) in [6.07, 6.45) is 2.92. The molecule has 0 unspecified atom stereocenters. The number of rotatable bonds is 0. The van der Waals surface area contributed by atoms with Gasteiger partial charge in [0, 0.05) is 17.5 Å². The molecule has 64 valence electrons. The molecule has 0 bridgehead atoms. The Kier molecular flexibility index (Phi) is 1.45. The molecular formula is C8H5N3O2. The van der Waals surface area contributed by atoms with E-state index in [-0.39, 0.29) is 5.71 Å². The Morgan fingerprint density at radius 3 is 2.92 bits per heavy atom. The Labute approximate surface area is 73.6 Å². The average molecular weight is 175 g/mol. The van der Waals surface area contributed by atoms with Gasteiger partial charge < -0.3 is 5.32 Å². The van der Waals surface area contributed by atoms with Gasteiger partial charge >= 0.3 is 6.03 Å². The Morgan fingerprint density at radius 1 is 1.38 bits per heavy atom. The second kappa shape index (κ2) is 2.48. The van der Waals surface area contributed by atoms with Gasteiger partial charge in [-0.2, -0.15) is 4.99 Å². The van der Waals surface area contributed by atoms with Crippen molar-refractivity contribution < 1.29 is 9.59 Å². The number of aliphatic imine (C=N–C) groups is 2. The number of carbonyl (C=O) groups is 2. The van der Waals surface area contributed by atoms with Gasteiger partial charge in [0.2, 0.25) is 0 Å². The van der Waals surface area contributed by atoms with Crippen LogP contribution < -0.4 is 5.32 Å². The molecule has 0 aromatic rings. The smallest absolute Gasteiger partial charge is 0.307 e. The van der Waals surface area contributed by atoms with Gasteiger partial charge in [-0.15, -0.1) is 0 Å². The van der Waals surface area contributed by atoms with Crippen LogP contribution in [0.15, 0.2) is 33.9 Å². The largest absolute Gasteiger partial charge is 0.346 e. The summed E-state index contributed by atoms with van der Waals surface area (Å²) in [5.41, 5.74) is 1.00. The van der Waals surface area contributed by atoms with E-state index in [4.69, 9.17) is 0 Å². The van der Waals surface area contributed by atoms with Crippen LogP contribution in [0.3, 0.4) is 0 Å². The molecule has 0 atom stereocenters. The molecule has 0 radical (unpaired) electrons. The molecule has 2 heterocycles. The number of urea groups is 1. The van der Waals surface area contributed by atoms with Crippen LogP contribution in [0.2, 0.25) is 0 Å². The lowest BCUT2D eigenvalue weighted by molar-refractivity contribution is -0.111. The highest BCUT2D eigenvalue weighted by Gasteiger charge is 2.24. The molecule has 2 rings (SSSR count). The monoisotopic (exact) mass is 175 g/mol. The highest BCUT2D eigenvalue weighted by Crippen LogP contribution is 2.11. The van der Waals surface area contributed by atoms with E-state index < -0.39 is 11.9 Å². The second-order valence-corrected chi connectivity index (χ2v) is 2.58. The van der Waals surface area contributed by atoms with E-state index >= 15 is 0 Å². The van der Waals surface area contributed by atoms with Gasteiger partial charge in [0.1, 0.15) is 5.71 Å². The molecule has 0 spiro atoms. The van der Waals surface area contributed by atoms with Gasteiger partial charge in [0.05, 0.1) is 0 Å². The van der Waals surface area contributed by atoms with Crippen molar-refractivity contribution in [1.82, 2.24) is 5.32 Å². The van der Waals surface area contributed by atoms with Gasteiger partial charge in [-0.25, -0.2) is 9.79 Å². The fourth-order valence-corrected chi connectivity index (χ4v) is 1.08. The van der Waals surface area contributed by atoms with E-state index in [1.165, 1.54) is 6.21 Å². The van der Waals surface area contributed by atoms with Gasteiger partial charge in [0.15, 0.2) is 0 Å². The summed E-state index contributed by atoms with van der Waals surface area (Å²) >= 11 is 0. The summed E-state index contributed by atoms with van der Waals surface area (Å²) in [5, 5.41) is 2.38. The first-order chi connectivity index (χ1) is 6.16. The zero-order valence-electron chi connectivity index (χ0n) is 6.57. The summed E-state index contributed by atoms with van der Waals surface area (Å²) in [4.78, 5) is 29.1. The van der Waals surface area contributed by atoms with E-state index in [1.807, 2.05) is 0 Å². The predicted octanol–water partition coefficient (Wildman–Crippen LogP) is 0.202. The third-order valence-electron chi connectivity index (χ3n) is 1.61. The van der Waals surface area contributed by atoms with Crippen molar-refractivity contribution in [2.24, 2.45) is 9.98 Å². The topological polar surface area (TPSA) is 70.9 Å². The second-order valence-electron chi connectivity index (χ2n) is 2.58. The minimum Gasteiger partial charge on any atom is -0.307 e. The van der Waals surface area contributed by atoms with Crippen LogP contribution in [-0.4, -0.2) is 23.9 Å². The maximum atomic E-state index is 11.0. The number of hydrogen-bond donors (Lipinski definition) is 1.